The minimum atomic E-state index is -2.23. The van der Waals surface area contributed by atoms with Crippen molar-refractivity contribution in [3.63, 3.8) is 0 Å². The van der Waals surface area contributed by atoms with Crippen LogP contribution in [0.25, 0.3) is 21.3 Å². The van der Waals surface area contributed by atoms with Crippen molar-refractivity contribution in [1.82, 2.24) is 30.2 Å². The number of urea groups is 1. The Bertz CT molecular complexity index is 3580. The number of thiazole rings is 1. The molecule has 3 aliphatic rings. The molecule has 7 atom stereocenters. The van der Waals surface area contributed by atoms with Crippen molar-refractivity contribution >= 4 is 73.2 Å². The van der Waals surface area contributed by atoms with Gasteiger partial charge in [-0.2, -0.15) is 0 Å². The summed E-state index contributed by atoms with van der Waals surface area (Å²) in [4.78, 5) is 85.0. The number of aliphatic hydroxyl groups excluding tert-OH is 1. The summed E-state index contributed by atoms with van der Waals surface area (Å²) in [6.45, 7) is 3.07. The number of hydrogen-bond donors (Lipinski definition) is 3. The van der Waals surface area contributed by atoms with Crippen LogP contribution >= 0.6 is 11.3 Å². The number of hydrogen-bond acceptors (Lipinski definition) is 14. The maximum Gasteiger partial charge on any atom is 0.329 e. The van der Waals surface area contributed by atoms with E-state index < -0.39 is 77.3 Å². The number of benzene rings is 6. The highest BCUT2D eigenvalue weighted by Crippen LogP contribution is 2.67. The molecule has 0 aliphatic carbocycles. The molecule has 2 fully saturated rings. The fourth-order valence-corrected chi connectivity index (χ4v) is 12.0. The first-order chi connectivity index (χ1) is 37.0. The number of esters is 2. The van der Waals surface area contributed by atoms with Gasteiger partial charge >= 0.3 is 18.0 Å². The molecule has 17 nitrogen and oxygen atoms in total. The Kier molecular flexibility index (Phi) is 13.3. The van der Waals surface area contributed by atoms with Crippen LogP contribution in [0, 0.1) is 23.7 Å². The van der Waals surface area contributed by atoms with Gasteiger partial charge in [-0.05, 0) is 71.1 Å². The third kappa shape index (κ3) is 8.47. The Balaban J connectivity index is 1.20. The lowest BCUT2D eigenvalue weighted by atomic mass is 9.65. The third-order valence-corrected chi connectivity index (χ3v) is 15.3. The van der Waals surface area contributed by atoms with E-state index in [-0.39, 0.29) is 41.9 Å². The molecule has 3 N–H and O–H groups in total. The van der Waals surface area contributed by atoms with Crippen LogP contribution in [-0.4, -0.2) is 92.2 Å². The highest BCUT2D eigenvalue weighted by Gasteiger charge is 2.76. The second-order valence-corrected chi connectivity index (χ2v) is 20.0. The fraction of sp³-hybridized carbons (Fsp3) is 0.241. The number of morpholine rings is 1. The van der Waals surface area contributed by atoms with Crippen molar-refractivity contribution in [2.75, 3.05) is 30.5 Å². The molecule has 0 unspecified atom stereocenters. The highest BCUT2D eigenvalue weighted by atomic mass is 32.1. The molecule has 2 aromatic heterocycles. The molecule has 18 heteroatoms. The average molecular weight is 1040 g/mol. The summed E-state index contributed by atoms with van der Waals surface area (Å²) in [5, 5.41) is 24.8. The third-order valence-electron chi connectivity index (χ3n) is 14.3. The summed E-state index contributed by atoms with van der Waals surface area (Å²) in [6.07, 6.45) is -1.00. The van der Waals surface area contributed by atoms with Crippen LogP contribution in [0.3, 0.4) is 0 Å². The summed E-state index contributed by atoms with van der Waals surface area (Å²) in [6, 6.07) is 39.4. The molecule has 0 saturated carbocycles. The van der Waals surface area contributed by atoms with Crippen LogP contribution in [0.15, 0.2) is 152 Å². The van der Waals surface area contributed by atoms with Gasteiger partial charge < -0.3 is 30.0 Å². The van der Waals surface area contributed by atoms with E-state index in [0.29, 0.717) is 33.3 Å². The zero-order chi connectivity index (χ0) is 52.7. The molecule has 2 saturated heterocycles. The summed E-state index contributed by atoms with van der Waals surface area (Å²) < 4.78 is 20.6. The van der Waals surface area contributed by atoms with Gasteiger partial charge in [0.1, 0.15) is 48.0 Å². The lowest BCUT2D eigenvalue weighted by molar-refractivity contribution is -0.178. The second kappa shape index (κ2) is 20.5. The quantitative estimate of drug-likeness (QED) is 0.0794. The van der Waals surface area contributed by atoms with Gasteiger partial charge in [0.15, 0.2) is 5.13 Å². The topological polar surface area (TPSA) is 207 Å². The van der Waals surface area contributed by atoms with Crippen molar-refractivity contribution in [2.24, 2.45) is 11.8 Å². The molecule has 0 radical (unpaired) electrons. The lowest BCUT2D eigenvalue weighted by Crippen LogP contribution is -2.57. The minimum absolute atomic E-state index is 0.0725. The summed E-state index contributed by atoms with van der Waals surface area (Å²) in [5.74, 6) is 1.30. The van der Waals surface area contributed by atoms with Gasteiger partial charge in [-0.25, -0.2) is 24.2 Å². The Morgan fingerprint density at radius 2 is 1.54 bits per heavy atom. The molecule has 6 aromatic carbocycles. The second-order valence-electron chi connectivity index (χ2n) is 19.0. The number of para-hydroxylation sites is 3. The summed E-state index contributed by atoms with van der Waals surface area (Å²) in [5.41, 5.74) is 2.19. The lowest BCUT2D eigenvalue weighted by Gasteiger charge is -2.46. The van der Waals surface area contributed by atoms with Crippen molar-refractivity contribution in [3.8, 4) is 17.6 Å². The number of carbonyl (C=O) groups excluding carboxylic acids is 5. The van der Waals surface area contributed by atoms with Gasteiger partial charge in [-0.1, -0.05) is 145 Å². The van der Waals surface area contributed by atoms with Gasteiger partial charge in [-0.3, -0.25) is 19.3 Å². The highest BCUT2D eigenvalue weighted by molar-refractivity contribution is 7.22. The van der Waals surface area contributed by atoms with Gasteiger partial charge in [0.25, 0.3) is 0 Å². The number of anilines is 2. The van der Waals surface area contributed by atoms with Gasteiger partial charge in [0.2, 0.25) is 11.8 Å². The molecule has 4 amide bonds. The maximum atomic E-state index is 16.9. The van der Waals surface area contributed by atoms with Crippen molar-refractivity contribution in [1.29, 1.82) is 0 Å². The molecule has 5 heterocycles. The SMILES string of the molecule is COC(=O)[C@@H](NC(=O)N1C(=O)[C@@]2(c3cc(C#CCn4nnc5ccccc54)ccc31)[C@H](c1ccccc1OCCO)N1[C@H](c3ccccc3)[C@H](c3ccccc3)OC(=O)[C@H]1[C@@H]2C(=O)Nc1nc2ccccc2s1)C(C)C. The number of nitrogens with zero attached hydrogens (tertiary/aromatic N) is 6. The van der Waals surface area contributed by atoms with Crippen LogP contribution in [0.1, 0.15) is 59.9 Å². The van der Waals surface area contributed by atoms with E-state index in [1.54, 1.807) is 61.0 Å². The molecule has 0 bridgehead atoms. The normalized spacial score (nSPS) is 21.2. The Morgan fingerprint density at radius 3 is 2.28 bits per heavy atom. The van der Waals surface area contributed by atoms with Crippen LogP contribution in [-0.2, 0) is 40.6 Å². The van der Waals surface area contributed by atoms with Crippen molar-refractivity contribution in [2.45, 2.75) is 56.1 Å². The number of amides is 4. The number of imide groups is 1. The van der Waals surface area contributed by atoms with E-state index in [2.05, 4.69) is 32.8 Å². The Hall–Kier alpha value is -8.76. The first-order valence-corrected chi connectivity index (χ1v) is 25.6. The van der Waals surface area contributed by atoms with Gasteiger partial charge in [0, 0.05) is 11.1 Å². The van der Waals surface area contributed by atoms with E-state index in [1.807, 2.05) is 114 Å². The number of nitrogens with one attached hydrogen (secondary N) is 2. The molecule has 3 aliphatic heterocycles. The molecule has 11 rings (SSSR count). The standard InChI is InChI=1S/C58H50N8O9S/c1-34(2)47(53(69)73-3)60-57(72)65-42-29-28-35(17-16-30-64-43-25-13-11-23-40(43)62-63-64)33-39(42)58(55(65)71)46(52(68)61-56-59-41-24-12-15-27-45(41)76-56)49-54(70)75-50(37-20-8-5-9-21-37)48(36-18-6-4-7-19-36)66(49)51(58)38-22-10-14-26-44(38)74-32-31-67/h4-15,18-29,33-34,46-51,67H,30-32H2,1-3H3,(H,60,72)(H,59,61,68)/t46-,47+,48-,49-,50+,51+,58-/m1/s1. The predicted octanol–water partition coefficient (Wildman–Crippen LogP) is 7.68. The van der Waals surface area contributed by atoms with Crippen molar-refractivity contribution < 1.29 is 43.3 Å². The monoisotopic (exact) mass is 1030 g/mol. The molecular weight excluding hydrogens is 985 g/mol. The Morgan fingerprint density at radius 1 is 0.842 bits per heavy atom. The molecule has 76 heavy (non-hydrogen) atoms. The molecular formula is C58H50N8O9S. The molecule has 382 valence electrons. The minimum Gasteiger partial charge on any atom is -0.491 e. The first kappa shape index (κ1) is 49.5. The number of fused-ring (bicyclic) bond motifs is 5. The van der Waals surface area contributed by atoms with E-state index >= 15 is 19.2 Å². The number of rotatable bonds is 12. The first-order valence-electron chi connectivity index (χ1n) is 24.7. The van der Waals surface area contributed by atoms with E-state index in [9.17, 15) is 9.90 Å². The van der Waals surface area contributed by atoms with E-state index in [1.165, 1.54) is 18.4 Å². The van der Waals surface area contributed by atoms with Gasteiger partial charge in [-0.15, -0.1) is 5.10 Å². The number of aromatic nitrogens is 4. The molecule has 8 aromatic rings. The van der Waals surface area contributed by atoms with Gasteiger partial charge in [0.05, 0.1) is 53.1 Å². The van der Waals surface area contributed by atoms with Crippen LogP contribution in [0.5, 0.6) is 5.75 Å². The number of cyclic esters (lactones) is 1. The fourth-order valence-electron chi connectivity index (χ4n) is 11.1. The van der Waals surface area contributed by atoms with E-state index in [0.717, 1.165) is 15.1 Å². The Labute approximate surface area is 440 Å². The number of methoxy groups -OCH3 is 1. The summed E-state index contributed by atoms with van der Waals surface area (Å²) >= 11 is 1.22. The number of ether oxygens (including phenoxy) is 3. The number of carbonyl (C=O) groups is 5. The average Bonchev–Trinajstić information content (AvgIpc) is 4.02. The smallest absolute Gasteiger partial charge is 0.329 e. The largest absolute Gasteiger partial charge is 0.491 e. The zero-order valence-corrected chi connectivity index (χ0v) is 42.2. The van der Waals surface area contributed by atoms with Crippen LogP contribution in [0.2, 0.25) is 0 Å². The maximum absolute atomic E-state index is 16.9. The number of aliphatic hydroxyl groups is 1. The predicted molar refractivity (Wildman–Crippen MR) is 283 cm³/mol. The summed E-state index contributed by atoms with van der Waals surface area (Å²) in [7, 11) is 1.21. The van der Waals surface area contributed by atoms with Crippen LogP contribution in [0.4, 0.5) is 15.6 Å². The van der Waals surface area contributed by atoms with Crippen LogP contribution < -0.4 is 20.3 Å². The van der Waals surface area contributed by atoms with Crippen molar-refractivity contribution in [3.05, 3.63) is 179 Å². The molecule has 1 spiro atoms. The van der Waals surface area contributed by atoms with E-state index in [4.69, 9.17) is 19.2 Å². The zero-order valence-electron chi connectivity index (χ0n) is 41.4.